The average Bonchev–Trinajstić information content (AvgIpc) is 2.54. The van der Waals surface area contributed by atoms with Crippen molar-refractivity contribution in [3.8, 4) is 11.8 Å². The van der Waals surface area contributed by atoms with Crippen LogP contribution >= 0.6 is 0 Å². The topological polar surface area (TPSA) is 17.1 Å². The van der Waals surface area contributed by atoms with E-state index in [0.29, 0.717) is 6.29 Å². The molecule has 1 aliphatic carbocycles. The maximum absolute atomic E-state index is 10.2. The Morgan fingerprint density at radius 2 is 1.81 bits per heavy atom. The van der Waals surface area contributed by atoms with Crippen LogP contribution in [0.15, 0.2) is 24.3 Å². The van der Waals surface area contributed by atoms with Crippen LogP contribution in [-0.4, -0.2) is 6.29 Å². The van der Waals surface area contributed by atoms with E-state index in [0.717, 1.165) is 17.4 Å². The summed E-state index contributed by atoms with van der Waals surface area (Å²) in [5, 5.41) is 0. The number of carbonyl (C=O) groups excluding carboxylic acids is 1. The van der Waals surface area contributed by atoms with Crippen LogP contribution < -0.4 is 0 Å². The monoisotopic (exact) mass is 282 g/mol. The van der Waals surface area contributed by atoms with Gasteiger partial charge in [0.25, 0.3) is 0 Å². The van der Waals surface area contributed by atoms with Gasteiger partial charge in [0.15, 0.2) is 6.29 Å². The maximum Gasteiger partial charge on any atom is 0.193 e. The van der Waals surface area contributed by atoms with Crippen LogP contribution in [0.3, 0.4) is 0 Å². The summed E-state index contributed by atoms with van der Waals surface area (Å²) in [5.74, 6) is 6.99. The lowest BCUT2D eigenvalue weighted by Gasteiger charge is -2.29. The van der Waals surface area contributed by atoms with Crippen LogP contribution in [0.4, 0.5) is 0 Å². The van der Waals surface area contributed by atoms with E-state index in [9.17, 15) is 4.79 Å². The molecule has 0 aliphatic heterocycles. The summed E-state index contributed by atoms with van der Waals surface area (Å²) in [6.07, 6.45) is 11.6. The molecular formula is C20H26O. The van der Waals surface area contributed by atoms with E-state index in [1.165, 1.54) is 56.9 Å². The van der Waals surface area contributed by atoms with Gasteiger partial charge < -0.3 is 0 Å². The van der Waals surface area contributed by atoms with E-state index in [1.54, 1.807) is 0 Å². The molecule has 0 saturated heterocycles. The molecule has 112 valence electrons. The minimum Gasteiger partial charge on any atom is -0.289 e. The van der Waals surface area contributed by atoms with E-state index in [-0.39, 0.29) is 0 Å². The van der Waals surface area contributed by atoms with Gasteiger partial charge in [0, 0.05) is 5.56 Å². The molecule has 21 heavy (non-hydrogen) atoms. The number of aldehydes is 1. The van der Waals surface area contributed by atoms with E-state index < -0.39 is 0 Å². The molecule has 1 aromatic rings. The van der Waals surface area contributed by atoms with E-state index in [4.69, 9.17) is 0 Å². The quantitative estimate of drug-likeness (QED) is 0.417. The summed E-state index contributed by atoms with van der Waals surface area (Å²) in [6.45, 7) is 2.28. The van der Waals surface area contributed by atoms with Gasteiger partial charge >= 0.3 is 0 Å². The number of hydrogen-bond acceptors (Lipinski definition) is 1. The first kappa shape index (κ1) is 15.8. The molecule has 0 amide bonds. The van der Waals surface area contributed by atoms with Crippen LogP contribution in [0.2, 0.25) is 0 Å². The zero-order valence-corrected chi connectivity index (χ0v) is 13.1. The molecule has 1 heteroatoms. The van der Waals surface area contributed by atoms with Gasteiger partial charge in [-0.1, -0.05) is 50.7 Å². The highest BCUT2D eigenvalue weighted by atomic mass is 16.1. The summed E-state index contributed by atoms with van der Waals surface area (Å²) >= 11 is 0. The summed E-state index contributed by atoms with van der Waals surface area (Å²) in [6, 6.07) is 8.46. The summed E-state index contributed by atoms with van der Waals surface area (Å²) in [5.41, 5.74) is 2.37. The SMILES string of the molecule is CCCCCC1CCC(c2ccc(C#CC=O)cc2)CC1. The van der Waals surface area contributed by atoms with E-state index in [2.05, 4.69) is 30.9 Å². The molecule has 1 nitrogen and oxygen atoms in total. The van der Waals surface area contributed by atoms with Crippen LogP contribution in [-0.2, 0) is 4.79 Å². The van der Waals surface area contributed by atoms with Crippen LogP contribution in [0.5, 0.6) is 0 Å². The zero-order chi connectivity index (χ0) is 14.9. The Labute approximate surface area is 129 Å². The first-order valence-electron chi connectivity index (χ1n) is 8.38. The molecular weight excluding hydrogens is 256 g/mol. The van der Waals surface area contributed by atoms with Crippen molar-refractivity contribution in [2.45, 2.75) is 64.2 Å². The van der Waals surface area contributed by atoms with Crippen molar-refractivity contribution in [3.63, 3.8) is 0 Å². The van der Waals surface area contributed by atoms with Crippen molar-refractivity contribution in [1.82, 2.24) is 0 Å². The highest BCUT2D eigenvalue weighted by Crippen LogP contribution is 2.37. The molecule has 0 bridgehead atoms. The van der Waals surface area contributed by atoms with Crippen molar-refractivity contribution in [1.29, 1.82) is 0 Å². The Balaban J connectivity index is 1.83. The van der Waals surface area contributed by atoms with Crippen molar-refractivity contribution in [3.05, 3.63) is 35.4 Å². The number of hydrogen-bond donors (Lipinski definition) is 0. The predicted molar refractivity (Wildman–Crippen MR) is 88.2 cm³/mol. The van der Waals surface area contributed by atoms with Crippen molar-refractivity contribution in [2.24, 2.45) is 5.92 Å². The largest absolute Gasteiger partial charge is 0.289 e. The Morgan fingerprint density at radius 3 is 2.43 bits per heavy atom. The van der Waals surface area contributed by atoms with Crippen LogP contribution in [0, 0.1) is 17.8 Å². The van der Waals surface area contributed by atoms with Gasteiger partial charge in [-0.15, -0.1) is 0 Å². The lowest BCUT2D eigenvalue weighted by atomic mass is 9.77. The molecule has 2 rings (SSSR count). The number of carbonyl (C=O) groups is 1. The van der Waals surface area contributed by atoms with Gasteiger partial charge in [0.2, 0.25) is 0 Å². The summed E-state index contributed by atoms with van der Waals surface area (Å²) in [7, 11) is 0. The smallest absolute Gasteiger partial charge is 0.193 e. The Kier molecular flexibility index (Phi) is 6.54. The Morgan fingerprint density at radius 1 is 1.10 bits per heavy atom. The van der Waals surface area contributed by atoms with Gasteiger partial charge in [0.05, 0.1) is 0 Å². The van der Waals surface area contributed by atoms with Crippen molar-refractivity contribution < 1.29 is 4.79 Å². The Hall–Kier alpha value is -1.55. The van der Waals surface area contributed by atoms with Gasteiger partial charge in [0.1, 0.15) is 0 Å². The first-order chi connectivity index (χ1) is 10.3. The van der Waals surface area contributed by atoms with Gasteiger partial charge in [-0.2, -0.15) is 0 Å². The molecule has 0 radical (unpaired) electrons. The van der Waals surface area contributed by atoms with Crippen LogP contribution in [0.1, 0.15) is 75.3 Å². The third-order valence-electron chi connectivity index (χ3n) is 4.72. The van der Waals surface area contributed by atoms with Gasteiger partial charge in [-0.25, -0.2) is 0 Å². The van der Waals surface area contributed by atoms with E-state index in [1.807, 2.05) is 12.1 Å². The second-order valence-electron chi connectivity index (χ2n) is 6.22. The molecule has 0 spiro atoms. The lowest BCUT2D eigenvalue weighted by molar-refractivity contribution is -0.103. The van der Waals surface area contributed by atoms with Gasteiger partial charge in [-0.3, -0.25) is 4.79 Å². The fraction of sp³-hybridized carbons (Fsp3) is 0.550. The highest BCUT2D eigenvalue weighted by molar-refractivity contribution is 5.73. The molecule has 1 saturated carbocycles. The third kappa shape index (κ3) is 5.05. The molecule has 0 unspecified atom stereocenters. The molecule has 0 atom stereocenters. The predicted octanol–water partition coefficient (Wildman–Crippen LogP) is 5.09. The van der Waals surface area contributed by atoms with E-state index >= 15 is 0 Å². The zero-order valence-electron chi connectivity index (χ0n) is 13.1. The second-order valence-corrected chi connectivity index (χ2v) is 6.22. The highest BCUT2D eigenvalue weighted by Gasteiger charge is 2.21. The lowest BCUT2D eigenvalue weighted by Crippen LogP contribution is -2.13. The molecule has 0 aromatic heterocycles. The summed E-state index contributed by atoms with van der Waals surface area (Å²) < 4.78 is 0. The molecule has 1 fully saturated rings. The molecule has 0 N–H and O–H groups in total. The minimum absolute atomic E-state index is 0.647. The normalized spacial score (nSPS) is 21.4. The number of benzene rings is 1. The first-order valence-corrected chi connectivity index (χ1v) is 8.38. The third-order valence-corrected chi connectivity index (χ3v) is 4.72. The summed E-state index contributed by atoms with van der Waals surface area (Å²) in [4.78, 5) is 10.2. The minimum atomic E-state index is 0.647. The molecule has 1 aromatic carbocycles. The van der Waals surface area contributed by atoms with Crippen LogP contribution in [0.25, 0.3) is 0 Å². The molecule has 0 heterocycles. The standard InChI is InChI=1S/C20H26O/c1-2-3-4-6-17-8-12-19(13-9-17)20-14-10-18(11-15-20)7-5-16-21/h10-11,14-17,19H,2-4,6,8-9,12-13H2,1H3. The average molecular weight is 282 g/mol. The fourth-order valence-electron chi connectivity index (χ4n) is 3.42. The second kappa shape index (κ2) is 8.67. The maximum atomic E-state index is 10.2. The van der Waals surface area contributed by atoms with Crippen molar-refractivity contribution in [2.75, 3.05) is 0 Å². The number of rotatable bonds is 5. The van der Waals surface area contributed by atoms with Gasteiger partial charge in [-0.05, 0) is 61.1 Å². The van der Waals surface area contributed by atoms with Crippen molar-refractivity contribution >= 4 is 6.29 Å². The number of unbranched alkanes of at least 4 members (excludes halogenated alkanes) is 2. The Bertz CT molecular complexity index is 481. The fourth-order valence-corrected chi connectivity index (χ4v) is 3.42. The molecule has 1 aliphatic rings.